The van der Waals surface area contributed by atoms with Crippen molar-refractivity contribution in [3.8, 4) is 0 Å². The Hall–Kier alpha value is -1.47. The van der Waals surface area contributed by atoms with Crippen molar-refractivity contribution in [1.29, 1.82) is 0 Å². The molecule has 0 aliphatic rings. The van der Waals surface area contributed by atoms with E-state index in [2.05, 4.69) is 24.1 Å². The molecule has 4 N–H and O–H groups in total. The van der Waals surface area contributed by atoms with Gasteiger partial charge in [0.25, 0.3) is 0 Å². The minimum absolute atomic E-state index is 0.0452. The number of carboxylic acids is 1. The summed E-state index contributed by atoms with van der Waals surface area (Å²) in [5.74, 6) is -0.819. The molecule has 0 radical (unpaired) electrons. The van der Waals surface area contributed by atoms with E-state index in [1.807, 2.05) is 0 Å². The smallest absolute Gasteiger partial charge is 0.355 e. The molecule has 7 heteroatoms. The summed E-state index contributed by atoms with van der Waals surface area (Å²) in [6.07, 6.45) is 1.30. The molecule has 1 aromatic rings. The molecule has 1 atom stereocenters. The lowest BCUT2D eigenvalue weighted by Gasteiger charge is -2.16. The standard InChI is InChI=1S/C13H21N3O3S/c1-8(2)5-9(6-14)12(17)15-4-3-11-16-10(7-20-11)13(18)19/h7-9H,3-6,14H2,1-2H3,(H,15,17)(H,18,19). The van der Waals surface area contributed by atoms with Gasteiger partial charge in [0.2, 0.25) is 5.91 Å². The second kappa shape index (κ2) is 7.96. The first-order valence-electron chi connectivity index (χ1n) is 6.59. The quantitative estimate of drug-likeness (QED) is 0.667. The molecule has 0 spiro atoms. The van der Waals surface area contributed by atoms with Crippen molar-refractivity contribution >= 4 is 23.2 Å². The van der Waals surface area contributed by atoms with Crippen LogP contribution in [0.5, 0.6) is 0 Å². The number of nitrogens with one attached hydrogen (secondary N) is 1. The Morgan fingerprint density at radius 1 is 1.50 bits per heavy atom. The molecule has 0 saturated heterocycles. The van der Waals surface area contributed by atoms with Gasteiger partial charge in [0.1, 0.15) is 0 Å². The maximum Gasteiger partial charge on any atom is 0.355 e. The number of nitrogens with two attached hydrogens (primary N) is 1. The Bertz CT molecular complexity index is 459. The lowest BCUT2D eigenvalue weighted by atomic mass is 9.96. The summed E-state index contributed by atoms with van der Waals surface area (Å²) in [5.41, 5.74) is 5.66. The van der Waals surface area contributed by atoms with Crippen molar-refractivity contribution < 1.29 is 14.7 Å². The van der Waals surface area contributed by atoms with Gasteiger partial charge in [-0.1, -0.05) is 13.8 Å². The predicted octanol–water partition coefficient (Wildman–Crippen LogP) is 1.12. The number of aromatic carboxylic acids is 1. The maximum atomic E-state index is 11.9. The van der Waals surface area contributed by atoms with Crippen LogP contribution < -0.4 is 11.1 Å². The largest absolute Gasteiger partial charge is 0.476 e. The number of thiazole rings is 1. The minimum Gasteiger partial charge on any atom is -0.476 e. The van der Waals surface area contributed by atoms with E-state index >= 15 is 0 Å². The molecule has 0 bridgehead atoms. The molecule has 0 aliphatic heterocycles. The number of carboxylic acid groups (broad SMARTS) is 1. The highest BCUT2D eigenvalue weighted by Gasteiger charge is 2.17. The molecule has 1 amide bonds. The molecule has 0 fully saturated rings. The number of rotatable bonds is 8. The number of carbonyl (C=O) groups excluding carboxylic acids is 1. The van der Waals surface area contributed by atoms with Gasteiger partial charge < -0.3 is 16.2 Å². The number of carbonyl (C=O) groups is 2. The summed E-state index contributed by atoms with van der Waals surface area (Å²) < 4.78 is 0. The lowest BCUT2D eigenvalue weighted by Crippen LogP contribution is -2.36. The third kappa shape index (κ3) is 5.26. The first-order chi connectivity index (χ1) is 9.43. The molecule has 1 rings (SSSR count). The predicted molar refractivity (Wildman–Crippen MR) is 77.8 cm³/mol. The average molecular weight is 299 g/mol. The van der Waals surface area contributed by atoms with Crippen molar-refractivity contribution in [3.05, 3.63) is 16.1 Å². The average Bonchev–Trinajstić information content (AvgIpc) is 2.84. The summed E-state index contributed by atoms with van der Waals surface area (Å²) in [5, 5.41) is 13.8. The van der Waals surface area contributed by atoms with Crippen LogP contribution in [0.15, 0.2) is 5.38 Å². The van der Waals surface area contributed by atoms with E-state index in [0.29, 0.717) is 30.4 Å². The van der Waals surface area contributed by atoms with Crippen LogP contribution in [0.25, 0.3) is 0 Å². The molecule has 1 unspecified atom stereocenters. The first-order valence-corrected chi connectivity index (χ1v) is 7.47. The molecular formula is C13H21N3O3S. The van der Waals surface area contributed by atoms with Crippen LogP contribution in [0.3, 0.4) is 0 Å². The zero-order valence-corrected chi connectivity index (χ0v) is 12.6. The normalized spacial score (nSPS) is 12.4. The number of aromatic nitrogens is 1. The third-order valence-corrected chi connectivity index (χ3v) is 3.73. The molecular weight excluding hydrogens is 278 g/mol. The Morgan fingerprint density at radius 3 is 2.70 bits per heavy atom. The molecule has 20 heavy (non-hydrogen) atoms. The van der Waals surface area contributed by atoms with Gasteiger partial charge >= 0.3 is 5.97 Å². The van der Waals surface area contributed by atoms with E-state index in [-0.39, 0.29) is 17.5 Å². The second-order valence-electron chi connectivity index (χ2n) is 5.03. The van der Waals surface area contributed by atoms with E-state index < -0.39 is 5.97 Å². The fourth-order valence-corrected chi connectivity index (χ4v) is 2.61. The van der Waals surface area contributed by atoms with E-state index in [4.69, 9.17) is 10.8 Å². The molecule has 6 nitrogen and oxygen atoms in total. The van der Waals surface area contributed by atoms with Gasteiger partial charge in [-0.2, -0.15) is 0 Å². The van der Waals surface area contributed by atoms with Crippen molar-refractivity contribution in [2.45, 2.75) is 26.7 Å². The van der Waals surface area contributed by atoms with Crippen LogP contribution in [0.1, 0.15) is 35.8 Å². The lowest BCUT2D eigenvalue weighted by molar-refractivity contribution is -0.125. The molecule has 1 aromatic heterocycles. The van der Waals surface area contributed by atoms with Crippen LogP contribution in [0, 0.1) is 11.8 Å². The zero-order chi connectivity index (χ0) is 15.1. The van der Waals surface area contributed by atoms with E-state index in [9.17, 15) is 9.59 Å². The minimum atomic E-state index is -1.03. The third-order valence-electron chi connectivity index (χ3n) is 2.82. The summed E-state index contributed by atoms with van der Waals surface area (Å²) >= 11 is 1.29. The summed E-state index contributed by atoms with van der Waals surface area (Å²) in [6, 6.07) is 0. The van der Waals surface area contributed by atoms with Gasteiger partial charge in [0.15, 0.2) is 5.69 Å². The van der Waals surface area contributed by atoms with Crippen molar-refractivity contribution in [2.24, 2.45) is 17.6 Å². The molecule has 0 saturated carbocycles. The summed E-state index contributed by atoms with van der Waals surface area (Å²) in [4.78, 5) is 26.6. The molecule has 112 valence electrons. The van der Waals surface area contributed by atoms with Gasteiger partial charge in [-0.15, -0.1) is 11.3 Å². The highest BCUT2D eigenvalue weighted by molar-refractivity contribution is 7.09. The van der Waals surface area contributed by atoms with Crippen molar-refractivity contribution in [2.75, 3.05) is 13.1 Å². The molecule has 1 heterocycles. The zero-order valence-electron chi connectivity index (χ0n) is 11.8. The van der Waals surface area contributed by atoms with Crippen LogP contribution in [-0.2, 0) is 11.2 Å². The second-order valence-corrected chi connectivity index (χ2v) is 5.98. The van der Waals surface area contributed by atoms with Crippen molar-refractivity contribution in [1.82, 2.24) is 10.3 Å². The van der Waals surface area contributed by atoms with Gasteiger partial charge in [-0.3, -0.25) is 4.79 Å². The Morgan fingerprint density at radius 2 is 2.20 bits per heavy atom. The van der Waals surface area contributed by atoms with Crippen LogP contribution in [0.4, 0.5) is 0 Å². The summed E-state index contributed by atoms with van der Waals surface area (Å²) in [6.45, 7) is 4.89. The van der Waals surface area contributed by atoms with Gasteiger partial charge in [-0.05, 0) is 12.3 Å². The maximum absolute atomic E-state index is 11.9. The number of hydrogen-bond donors (Lipinski definition) is 3. The summed E-state index contributed by atoms with van der Waals surface area (Å²) in [7, 11) is 0. The van der Waals surface area contributed by atoms with Gasteiger partial charge in [0.05, 0.1) is 10.9 Å². The Labute approximate surface area is 122 Å². The van der Waals surface area contributed by atoms with Gasteiger partial charge in [0, 0.05) is 24.9 Å². The van der Waals surface area contributed by atoms with E-state index in [1.54, 1.807) is 0 Å². The number of amides is 1. The Kier molecular flexibility index (Phi) is 6.60. The van der Waals surface area contributed by atoms with E-state index in [0.717, 1.165) is 6.42 Å². The first kappa shape index (κ1) is 16.6. The fraction of sp³-hybridized carbons (Fsp3) is 0.615. The molecule has 0 aromatic carbocycles. The Balaban J connectivity index is 2.38. The topological polar surface area (TPSA) is 105 Å². The van der Waals surface area contributed by atoms with Crippen molar-refractivity contribution in [3.63, 3.8) is 0 Å². The number of hydrogen-bond acceptors (Lipinski definition) is 5. The number of nitrogens with zero attached hydrogens (tertiary/aromatic N) is 1. The monoisotopic (exact) mass is 299 g/mol. The molecule has 0 aliphatic carbocycles. The van der Waals surface area contributed by atoms with Gasteiger partial charge in [-0.25, -0.2) is 9.78 Å². The van der Waals surface area contributed by atoms with E-state index in [1.165, 1.54) is 16.7 Å². The fourth-order valence-electron chi connectivity index (χ4n) is 1.84. The SMILES string of the molecule is CC(C)CC(CN)C(=O)NCCc1nc(C(=O)O)cs1. The van der Waals surface area contributed by atoms with Crippen LogP contribution in [-0.4, -0.2) is 35.1 Å². The highest BCUT2D eigenvalue weighted by Crippen LogP contribution is 2.12. The van der Waals surface area contributed by atoms with Crippen LogP contribution >= 0.6 is 11.3 Å². The van der Waals surface area contributed by atoms with Crippen LogP contribution in [0.2, 0.25) is 0 Å². The highest BCUT2D eigenvalue weighted by atomic mass is 32.1.